The largest absolute Gasteiger partial charge is 0.387 e. The Balaban J connectivity index is 1.79. The summed E-state index contributed by atoms with van der Waals surface area (Å²) in [5, 5.41) is 14.1. The zero-order valence-corrected chi connectivity index (χ0v) is 9.39. The van der Waals surface area contributed by atoms with Crippen LogP contribution < -0.4 is 0 Å². The number of aliphatic hydroxyl groups is 1. The SMILES string of the molecule is Cn1ccc(C(O)CCC2CCCC2)n1. The zero-order valence-electron chi connectivity index (χ0n) is 9.39. The number of hydrogen-bond acceptors (Lipinski definition) is 2. The summed E-state index contributed by atoms with van der Waals surface area (Å²) in [5.74, 6) is 0.850. The lowest BCUT2D eigenvalue weighted by molar-refractivity contribution is 0.152. The molecule has 0 bridgehead atoms. The quantitative estimate of drug-likeness (QED) is 0.825. The maximum atomic E-state index is 9.92. The summed E-state index contributed by atoms with van der Waals surface area (Å²) >= 11 is 0. The van der Waals surface area contributed by atoms with Gasteiger partial charge in [0.25, 0.3) is 0 Å². The number of rotatable bonds is 4. The molecule has 0 amide bonds. The summed E-state index contributed by atoms with van der Waals surface area (Å²) in [7, 11) is 1.88. The van der Waals surface area contributed by atoms with Gasteiger partial charge in [-0.2, -0.15) is 5.10 Å². The summed E-state index contributed by atoms with van der Waals surface area (Å²) in [6.07, 6.45) is 9.00. The van der Waals surface area contributed by atoms with Crippen molar-refractivity contribution < 1.29 is 5.11 Å². The van der Waals surface area contributed by atoms with E-state index in [1.54, 1.807) is 4.68 Å². The van der Waals surface area contributed by atoms with Crippen LogP contribution in [-0.2, 0) is 7.05 Å². The molecule has 1 aliphatic rings. The molecule has 3 nitrogen and oxygen atoms in total. The first-order valence-electron chi connectivity index (χ1n) is 5.93. The van der Waals surface area contributed by atoms with Crippen molar-refractivity contribution in [2.75, 3.05) is 0 Å². The molecular formula is C12H20N2O. The van der Waals surface area contributed by atoms with Gasteiger partial charge in [0.05, 0.1) is 11.8 Å². The molecule has 0 aromatic carbocycles. The number of aromatic nitrogens is 2. The van der Waals surface area contributed by atoms with E-state index in [1.165, 1.54) is 25.7 Å². The summed E-state index contributed by atoms with van der Waals surface area (Å²) in [6, 6.07) is 1.90. The van der Waals surface area contributed by atoms with E-state index in [0.29, 0.717) is 0 Å². The van der Waals surface area contributed by atoms with Gasteiger partial charge in [-0.25, -0.2) is 0 Å². The Morgan fingerprint density at radius 2 is 2.27 bits per heavy atom. The van der Waals surface area contributed by atoms with Crippen LogP contribution in [0.2, 0.25) is 0 Å². The van der Waals surface area contributed by atoms with Gasteiger partial charge in [0.1, 0.15) is 0 Å². The fraction of sp³-hybridized carbons (Fsp3) is 0.750. The van der Waals surface area contributed by atoms with Crippen LogP contribution in [0, 0.1) is 5.92 Å². The zero-order chi connectivity index (χ0) is 10.7. The Morgan fingerprint density at radius 3 is 2.87 bits per heavy atom. The Labute approximate surface area is 91.1 Å². The number of aryl methyl sites for hydroxylation is 1. The number of aliphatic hydroxyl groups excluding tert-OH is 1. The molecule has 2 rings (SSSR count). The number of nitrogens with zero attached hydrogens (tertiary/aromatic N) is 2. The molecule has 1 aromatic rings. The molecule has 3 heteroatoms. The van der Waals surface area contributed by atoms with Gasteiger partial charge < -0.3 is 5.11 Å². The first kappa shape index (κ1) is 10.7. The summed E-state index contributed by atoms with van der Waals surface area (Å²) < 4.78 is 1.74. The van der Waals surface area contributed by atoms with Crippen molar-refractivity contribution in [3.05, 3.63) is 18.0 Å². The lowest BCUT2D eigenvalue weighted by Gasteiger charge is -2.11. The Kier molecular flexibility index (Phi) is 3.41. The first-order chi connectivity index (χ1) is 7.25. The Morgan fingerprint density at radius 1 is 1.53 bits per heavy atom. The smallest absolute Gasteiger partial charge is 0.0978 e. The standard InChI is InChI=1S/C12H20N2O/c1-14-9-8-11(13-14)12(15)7-6-10-4-2-3-5-10/h8-10,12,15H,2-7H2,1H3. The van der Waals surface area contributed by atoms with Gasteiger partial charge in [-0.05, 0) is 24.8 Å². The predicted molar refractivity (Wildman–Crippen MR) is 59.4 cm³/mol. The molecule has 1 heterocycles. The van der Waals surface area contributed by atoms with E-state index in [9.17, 15) is 5.11 Å². The third-order valence-electron chi connectivity index (χ3n) is 3.40. The van der Waals surface area contributed by atoms with E-state index >= 15 is 0 Å². The van der Waals surface area contributed by atoms with E-state index in [1.807, 2.05) is 19.3 Å². The van der Waals surface area contributed by atoms with Crippen molar-refractivity contribution in [1.82, 2.24) is 9.78 Å². The van der Waals surface area contributed by atoms with Crippen molar-refractivity contribution in [2.45, 2.75) is 44.6 Å². The van der Waals surface area contributed by atoms with Crippen molar-refractivity contribution in [3.8, 4) is 0 Å². The molecule has 15 heavy (non-hydrogen) atoms. The third-order valence-corrected chi connectivity index (χ3v) is 3.40. The number of hydrogen-bond donors (Lipinski definition) is 1. The van der Waals surface area contributed by atoms with E-state index in [2.05, 4.69) is 5.10 Å². The third kappa shape index (κ3) is 2.81. The fourth-order valence-electron chi connectivity index (χ4n) is 2.45. The maximum Gasteiger partial charge on any atom is 0.0978 e. The highest BCUT2D eigenvalue weighted by molar-refractivity contribution is 5.02. The lowest BCUT2D eigenvalue weighted by Crippen LogP contribution is -2.03. The van der Waals surface area contributed by atoms with Gasteiger partial charge in [0, 0.05) is 13.2 Å². The predicted octanol–water partition coefficient (Wildman–Crippen LogP) is 2.42. The van der Waals surface area contributed by atoms with Gasteiger partial charge in [0.15, 0.2) is 0 Å². The van der Waals surface area contributed by atoms with E-state index in [4.69, 9.17) is 0 Å². The van der Waals surface area contributed by atoms with Crippen molar-refractivity contribution in [1.29, 1.82) is 0 Å². The molecule has 0 aliphatic heterocycles. The van der Waals surface area contributed by atoms with Crippen molar-refractivity contribution >= 4 is 0 Å². The normalized spacial score (nSPS) is 19.6. The van der Waals surface area contributed by atoms with Gasteiger partial charge in [-0.1, -0.05) is 25.7 Å². The molecule has 1 fully saturated rings. The summed E-state index contributed by atoms with van der Waals surface area (Å²) in [4.78, 5) is 0. The first-order valence-corrected chi connectivity index (χ1v) is 5.93. The highest BCUT2D eigenvalue weighted by atomic mass is 16.3. The van der Waals surface area contributed by atoms with Crippen LogP contribution in [0.5, 0.6) is 0 Å². The topological polar surface area (TPSA) is 38.0 Å². The molecule has 1 atom stereocenters. The van der Waals surface area contributed by atoms with Gasteiger partial charge >= 0.3 is 0 Å². The molecule has 0 saturated heterocycles. The van der Waals surface area contributed by atoms with Crippen LogP contribution in [0.1, 0.15) is 50.3 Å². The van der Waals surface area contributed by atoms with Gasteiger partial charge in [0.2, 0.25) is 0 Å². The van der Waals surface area contributed by atoms with E-state index < -0.39 is 0 Å². The minimum atomic E-state index is -0.369. The van der Waals surface area contributed by atoms with Crippen LogP contribution in [0.3, 0.4) is 0 Å². The van der Waals surface area contributed by atoms with Crippen LogP contribution in [0.4, 0.5) is 0 Å². The molecule has 1 saturated carbocycles. The fourth-order valence-corrected chi connectivity index (χ4v) is 2.45. The maximum absolute atomic E-state index is 9.92. The Bertz CT molecular complexity index is 302. The lowest BCUT2D eigenvalue weighted by atomic mass is 9.99. The molecular weight excluding hydrogens is 188 g/mol. The molecule has 1 unspecified atom stereocenters. The van der Waals surface area contributed by atoms with Gasteiger partial charge in [-0.3, -0.25) is 4.68 Å². The summed E-state index contributed by atoms with van der Waals surface area (Å²) in [6.45, 7) is 0. The molecule has 0 radical (unpaired) electrons. The molecule has 0 spiro atoms. The minimum Gasteiger partial charge on any atom is -0.387 e. The minimum absolute atomic E-state index is 0.369. The van der Waals surface area contributed by atoms with Crippen LogP contribution in [-0.4, -0.2) is 14.9 Å². The van der Waals surface area contributed by atoms with E-state index in [-0.39, 0.29) is 6.10 Å². The average molecular weight is 208 g/mol. The van der Waals surface area contributed by atoms with E-state index in [0.717, 1.165) is 24.5 Å². The van der Waals surface area contributed by atoms with Crippen molar-refractivity contribution in [2.24, 2.45) is 13.0 Å². The second-order valence-electron chi connectivity index (χ2n) is 4.66. The second-order valence-corrected chi connectivity index (χ2v) is 4.66. The monoisotopic (exact) mass is 208 g/mol. The van der Waals surface area contributed by atoms with Gasteiger partial charge in [-0.15, -0.1) is 0 Å². The van der Waals surface area contributed by atoms with Crippen molar-refractivity contribution in [3.63, 3.8) is 0 Å². The van der Waals surface area contributed by atoms with Crippen LogP contribution in [0.15, 0.2) is 12.3 Å². The highest BCUT2D eigenvalue weighted by Crippen LogP contribution is 2.30. The second kappa shape index (κ2) is 4.79. The summed E-state index contributed by atoms with van der Waals surface area (Å²) in [5.41, 5.74) is 0.815. The highest BCUT2D eigenvalue weighted by Gasteiger charge is 2.17. The Hall–Kier alpha value is -0.830. The molecule has 1 N–H and O–H groups in total. The van der Waals surface area contributed by atoms with Crippen LogP contribution in [0.25, 0.3) is 0 Å². The molecule has 1 aliphatic carbocycles. The average Bonchev–Trinajstić information content (AvgIpc) is 2.84. The molecule has 84 valence electrons. The molecule has 1 aromatic heterocycles. The van der Waals surface area contributed by atoms with Crippen LogP contribution >= 0.6 is 0 Å².